The van der Waals surface area contributed by atoms with E-state index in [9.17, 15) is 8.42 Å². The van der Waals surface area contributed by atoms with Crippen LogP contribution in [0.5, 0.6) is 0 Å². The molecule has 2 aliphatic heterocycles. The van der Waals surface area contributed by atoms with E-state index in [1.165, 1.54) is 16.1 Å². The molecule has 0 N–H and O–H groups in total. The summed E-state index contributed by atoms with van der Waals surface area (Å²) >= 11 is 0. The summed E-state index contributed by atoms with van der Waals surface area (Å²) in [6, 6.07) is 8.30. The Hall–Kier alpha value is -3.11. The molecule has 160 valence electrons. The number of rotatable bonds is 4. The highest BCUT2D eigenvalue weighted by Gasteiger charge is 2.25. The van der Waals surface area contributed by atoms with Gasteiger partial charge in [0.05, 0.1) is 30.4 Å². The molecule has 5 rings (SSSR count). The van der Waals surface area contributed by atoms with Gasteiger partial charge in [-0.05, 0) is 17.2 Å². The summed E-state index contributed by atoms with van der Waals surface area (Å²) in [7, 11) is -1.26. The Labute approximate surface area is 181 Å². The minimum Gasteiger partial charge on any atom is -0.354 e. The average molecular weight is 438 g/mol. The Morgan fingerprint density at radius 3 is 2.52 bits per heavy atom. The van der Waals surface area contributed by atoms with Gasteiger partial charge >= 0.3 is 0 Å². The fraction of sp³-hybridized carbons (Fsp3) is 0.333. The van der Waals surface area contributed by atoms with E-state index in [-0.39, 0.29) is 0 Å². The van der Waals surface area contributed by atoms with Gasteiger partial charge in [0.1, 0.15) is 12.1 Å². The minimum absolute atomic E-state index is 0.455. The third kappa shape index (κ3) is 3.84. The van der Waals surface area contributed by atoms with Gasteiger partial charge in [0.2, 0.25) is 10.0 Å². The molecule has 0 saturated carbocycles. The summed E-state index contributed by atoms with van der Waals surface area (Å²) in [6.07, 6.45) is 6.65. The van der Waals surface area contributed by atoms with E-state index in [2.05, 4.69) is 38.2 Å². The molecular weight excluding hydrogens is 414 g/mol. The topological polar surface area (TPSA) is 96.6 Å². The van der Waals surface area contributed by atoms with Crippen LogP contribution in [-0.2, 0) is 23.6 Å². The molecule has 1 aromatic carbocycles. The number of benzene rings is 1. The van der Waals surface area contributed by atoms with Crippen molar-refractivity contribution in [2.24, 2.45) is 12.0 Å². The third-order valence-corrected chi connectivity index (χ3v) is 7.04. The minimum atomic E-state index is -3.16. The summed E-state index contributed by atoms with van der Waals surface area (Å²) in [5, 5.41) is 4.27. The summed E-state index contributed by atoms with van der Waals surface area (Å²) in [4.78, 5) is 15.7. The molecule has 2 aliphatic rings. The van der Waals surface area contributed by atoms with Crippen molar-refractivity contribution in [3.05, 3.63) is 59.8 Å². The highest BCUT2D eigenvalue weighted by molar-refractivity contribution is 7.88. The smallest absolute Gasteiger partial charge is 0.211 e. The van der Waals surface area contributed by atoms with Gasteiger partial charge in [-0.15, -0.1) is 0 Å². The molecule has 1 fully saturated rings. The molecule has 0 bridgehead atoms. The Kier molecular flexibility index (Phi) is 4.82. The molecule has 3 aromatic rings. The van der Waals surface area contributed by atoms with Gasteiger partial charge < -0.3 is 4.90 Å². The van der Waals surface area contributed by atoms with Gasteiger partial charge in [-0.2, -0.15) is 9.40 Å². The van der Waals surface area contributed by atoms with E-state index in [4.69, 9.17) is 4.99 Å². The van der Waals surface area contributed by atoms with Crippen molar-refractivity contribution in [2.75, 3.05) is 37.3 Å². The number of piperazine rings is 1. The number of aryl methyl sites for hydroxylation is 1. The Morgan fingerprint density at radius 1 is 1.00 bits per heavy atom. The van der Waals surface area contributed by atoms with Crippen molar-refractivity contribution in [1.29, 1.82) is 0 Å². The van der Waals surface area contributed by atoms with Crippen LogP contribution in [0.25, 0.3) is 11.1 Å². The zero-order chi connectivity index (χ0) is 21.6. The average Bonchev–Trinajstić information content (AvgIpc) is 3.39. The van der Waals surface area contributed by atoms with Gasteiger partial charge in [0.25, 0.3) is 0 Å². The lowest BCUT2D eigenvalue weighted by Crippen LogP contribution is -2.48. The zero-order valence-corrected chi connectivity index (χ0v) is 18.2. The van der Waals surface area contributed by atoms with Gasteiger partial charge in [0.15, 0.2) is 0 Å². The second kappa shape index (κ2) is 7.54. The van der Waals surface area contributed by atoms with Crippen molar-refractivity contribution in [3.8, 4) is 11.1 Å². The molecule has 0 unspecified atom stereocenters. The molecule has 31 heavy (non-hydrogen) atoms. The van der Waals surface area contributed by atoms with Crippen LogP contribution >= 0.6 is 0 Å². The zero-order valence-electron chi connectivity index (χ0n) is 17.4. The molecule has 0 amide bonds. The van der Waals surface area contributed by atoms with Crippen molar-refractivity contribution in [3.63, 3.8) is 0 Å². The molecule has 9 nitrogen and oxygen atoms in total. The Morgan fingerprint density at radius 2 is 1.81 bits per heavy atom. The van der Waals surface area contributed by atoms with Crippen LogP contribution in [0.1, 0.15) is 16.8 Å². The van der Waals surface area contributed by atoms with E-state index < -0.39 is 10.0 Å². The number of aromatic nitrogens is 4. The second-order valence-electron chi connectivity index (χ2n) is 7.85. The van der Waals surface area contributed by atoms with Crippen molar-refractivity contribution < 1.29 is 8.42 Å². The first-order chi connectivity index (χ1) is 14.9. The maximum atomic E-state index is 11.8. The predicted octanol–water partition coefficient (Wildman–Crippen LogP) is 1.31. The molecule has 10 heteroatoms. The number of hydrogen-bond donors (Lipinski definition) is 0. The van der Waals surface area contributed by atoms with Crippen LogP contribution in [-0.4, -0.2) is 70.6 Å². The highest BCUT2D eigenvalue weighted by Crippen LogP contribution is 2.29. The number of anilines is 1. The van der Waals surface area contributed by atoms with Crippen molar-refractivity contribution in [1.82, 2.24) is 24.1 Å². The van der Waals surface area contributed by atoms with Gasteiger partial charge in [-0.25, -0.2) is 18.4 Å². The molecule has 0 atom stereocenters. The largest absolute Gasteiger partial charge is 0.354 e. The summed E-state index contributed by atoms with van der Waals surface area (Å²) in [6.45, 7) is 2.73. The maximum Gasteiger partial charge on any atom is 0.211 e. The first-order valence-electron chi connectivity index (χ1n) is 10.1. The van der Waals surface area contributed by atoms with Gasteiger partial charge in [-0.1, -0.05) is 12.1 Å². The third-order valence-electron chi connectivity index (χ3n) is 5.74. The quantitative estimate of drug-likeness (QED) is 0.611. The standard InChI is InChI=1S/C21H23N7O2S/c1-26-13-17(12-25-26)15-3-4-16-11-22-21(18(16)9-15)19-10-20(24-14-23-19)27-5-7-28(8-6-27)31(2,29)30/h3-4,9-10,12-14H,5-8,11H2,1-2H3. The molecule has 1 saturated heterocycles. The summed E-state index contributed by atoms with van der Waals surface area (Å²) in [5.41, 5.74) is 6.03. The van der Waals surface area contributed by atoms with Gasteiger partial charge in [0, 0.05) is 56.6 Å². The molecule has 4 heterocycles. The Bertz CT molecular complexity index is 1270. The lowest BCUT2D eigenvalue weighted by molar-refractivity contribution is 0.387. The summed E-state index contributed by atoms with van der Waals surface area (Å²) < 4.78 is 26.8. The van der Waals surface area contributed by atoms with Crippen LogP contribution in [0.3, 0.4) is 0 Å². The van der Waals surface area contributed by atoms with Crippen molar-refractivity contribution in [2.45, 2.75) is 6.54 Å². The first-order valence-corrected chi connectivity index (χ1v) is 11.9. The fourth-order valence-corrected chi connectivity index (χ4v) is 4.88. The number of sulfonamides is 1. The molecule has 0 spiro atoms. The lowest BCUT2D eigenvalue weighted by atomic mass is 9.98. The van der Waals surface area contributed by atoms with E-state index >= 15 is 0 Å². The van der Waals surface area contributed by atoms with E-state index in [0.29, 0.717) is 32.7 Å². The van der Waals surface area contributed by atoms with Crippen LogP contribution < -0.4 is 4.90 Å². The predicted molar refractivity (Wildman–Crippen MR) is 119 cm³/mol. The first kappa shape index (κ1) is 19.8. The van der Waals surface area contributed by atoms with Crippen LogP contribution in [0.4, 0.5) is 5.82 Å². The second-order valence-corrected chi connectivity index (χ2v) is 9.83. The maximum absolute atomic E-state index is 11.8. The monoisotopic (exact) mass is 437 g/mol. The van der Waals surface area contributed by atoms with Crippen LogP contribution in [0.15, 0.2) is 48.0 Å². The number of hydrogen-bond acceptors (Lipinski definition) is 7. The fourth-order valence-electron chi connectivity index (χ4n) is 4.05. The molecule has 2 aromatic heterocycles. The molecule has 0 radical (unpaired) electrons. The van der Waals surface area contributed by atoms with Gasteiger partial charge in [-0.3, -0.25) is 9.67 Å². The van der Waals surface area contributed by atoms with Crippen LogP contribution in [0.2, 0.25) is 0 Å². The van der Waals surface area contributed by atoms with Crippen molar-refractivity contribution >= 4 is 21.6 Å². The van der Waals surface area contributed by atoms with Crippen LogP contribution in [0, 0.1) is 0 Å². The molecular formula is C21H23N7O2S. The number of fused-ring (bicyclic) bond motifs is 1. The van der Waals surface area contributed by atoms with E-state index in [1.54, 1.807) is 11.0 Å². The lowest BCUT2D eigenvalue weighted by Gasteiger charge is -2.34. The number of aliphatic imine (C=N–C) groups is 1. The normalized spacial score (nSPS) is 17.0. The Balaban J connectivity index is 1.41. The molecule has 0 aliphatic carbocycles. The van der Waals surface area contributed by atoms with E-state index in [1.807, 2.05) is 25.5 Å². The van der Waals surface area contributed by atoms with E-state index in [0.717, 1.165) is 33.9 Å². The number of nitrogens with zero attached hydrogens (tertiary/aromatic N) is 7. The summed E-state index contributed by atoms with van der Waals surface area (Å²) in [5.74, 6) is 0.790. The SMILES string of the molecule is Cn1cc(-c2ccc3c(c2)C(c2cc(N4CCN(S(C)(=O)=O)CC4)ncn2)=NC3)cn1. The highest BCUT2D eigenvalue weighted by atomic mass is 32.2.